The van der Waals surface area contributed by atoms with E-state index < -0.39 is 0 Å². The van der Waals surface area contributed by atoms with Gasteiger partial charge < -0.3 is 0 Å². The fourth-order valence-corrected chi connectivity index (χ4v) is 3.32. The minimum absolute atomic E-state index is 0.138. The highest BCUT2D eigenvalue weighted by atomic mass is 35.5. The van der Waals surface area contributed by atoms with Gasteiger partial charge in [0.15, 0.2) is 5.78 Å². The van der Waals surface area contributed by atoms with E-state index in [0.29, 0.717) is 21.2 Å². The van der Waals surface area contributed by atoms with Crippen LogP contribution in [0.2, 0.25) is 10.0 Å². The van der Waals surface area contributed by atoms with Crippen molar-refractivity contribution in [2.45, 2.75) is 0 Å². The third-order valence-corrected chi connectivity index (χ3v) is 5.00. The second-order valence-corrected chi connectivity index (χ2v) is 6.70. The van der Waals surface area contributed by atoms with Gasteiger partial charge >= 0.3 is 0 Å². The van der Waals surface area contributed by atoms with Crippen molar-refractivity contribution in [3.8, 4) is 11.1 Å². The summed E-state index contributed by atoms with van der Waals surface area (Å²) in [6.45, 7) is 0. The van der Waals surface area contributed by atoms with Crippen LogP contribution in [0.3, 0.4) is 0 Å². The molecule has 26 heavy (non-hydrogen) atoms. The van der Waals surface area contributed by atoms with Gasteiger partial charge in [-0.25, -0.2) is 0 Å². The molecule has 0 saturated heterocycles. The van der Waals surface area contributed by atoms with Gasteiger partial charge in [-0.15, -0.1) is 0 Å². The van der Waals surface area contributed by atoms with Crippen LogP contribution in [0.15, 0.2) is 79.0 Å². The first-order valence-corrected chi connectivity index (χ1v) is 8.83. The van der Waals surface area contributed by atoms with Crippen LogP contribution in [0.1, 0.15) is 15.9 Å². The topological polar surface area (TPSA) is 30.0 Å². The van der Waals surface area contributed by atoms with Crippen molar-refractivity contribution < 1.29 is 4.79 Å². The average molecular weight is 378 g/mol. The number of halogens is 2. The van der Waals surface area contributed by atoms with Gasteiger partial charge in [-0.05, 0) is 29.8 Å². The Bertz CT molecular complexity index is 1120. The molecular weight excluding hydrogens is 365 g/mol. The molecule has 1 aromatic heterocycles. The minimum Gasteiger partial charge on any atom is -0.289 e. The number of fused-ring (bicyclic) bond motifs is 1. The van der Waals surface area contributed by atoms with E-state index in [1.807, 2.05) is 54.6 Å². The third kappa shape index (κ3) is 2.98. The zero-order valence-electron chi connectivity index (χ0n) is 13.6. The molecule has 0 N–H and O–H groups in total. The maximum Gasteiger partial charge on any atom is 0.195 e. The van der Waals surface area contributed by atoms with Gasteiger partial charge in [0, 0.05) is 28.3 Å². The molecule has 3 aromatic carbocycles. The molecule has 4 rings (SSSR count). The number of hydrogen-bond donors (Lipinski definition) is 0. The highest BCUT2D eigenvalue weighted by Crippen LogP contribution is 2.33. The molecule has 0 aliphatic rings. The number of aromatic nitrogens is 1. The molecule has 2 nitrogen and oxygen atoms in total. The van der Waals surface area contributed by atoms with Gasteiger partial charge in [0.25, 0.3) is 0 Å². The predicted octanol–water partition coefficient (Wildman–Crippen LogP) is 6.44. The predicted molar refractivity (Wildman–Crippen MR) is 107 cm³/mol. The molecule has 0 fully saturated rings. The van der Waals surface area contributed by atoms with Gasteiger partial charge in [0.1, 0.15) is 0 Å². The Balaban J connectivity index is 1.97. The molecule has 126 valence electrons. The van der Waals surface area contributed by atoms with E-state index in [2.05, 4.69) is 4.98 Å². The number of nitrogens with zero attached hydrogens (tertiary/aromatic N) is 1. The third-order valence-electron chi connectivity index (χ3n) is 4.26. The fourth-order valence-electron chi connectivity index (χ4n) is 3.02. The molecule has 0 spiro atoms. The van der Waals surface area contributed by atoms with Crippen molar-refractivity contribution in [2.75, 3.05) is 0 Å². The summed E-state index contributed by atoms with van der Waals surface area (Å²) in [7, 11) is 0. The molecule has 0 atom stereocenters. The maximum absolute atomic E-state index is 13.2. The number of ketones is 1. The van der Waals surface area contributed by atoms with E-state index >= 15 is 0 Å². The first-order chi connectivity index (χ1) is 12.6. The molecule has 0 aliphatic heterocycles. The molecule has 0 bridgehead atoms. The van der Waals surface area contributed by atoms with Crippen LogP contribution in [-0.4, -0.2) is 10.8 Å². The molecule has 0 amide bonds. The Morgan fingerprint density at radius 1 is 0.808 bits per heavy atom. The Labute approximate surface area is 161 Å². The highest BCUT2D eigenvalue weighted by molar-refractivity contribution is 6.42. The number of carbonyl (C=O) groups excluding carboxylic acids is 1. The minimum atomic E-state index is -0.138. The molecule has 0 saturated carbocycles. The van der Waals surface area contributed by atoms with E-state index in [1.165, 1.54) is 0 Å². The van der Waals surface area contributed by atoms with Crippen LogP contribution >= 0.6 is 23.2 Å². The highest BCUT2D eigenvalue weighted by Gasteiger charge is 2.19. The number of carbonyl (C=O) groups is 1. The quantitative estimate of drug-likeness (QED) is 0.384. The Kier molecular flexibility index (Phi) is 4.46. The first kappa shape index (κ1) is 16.8. The van der Waals surface area contributed by atoms with E-state index in [4.69, 9.17) is 23.2 Å². The van der Waals surface area contributed by atoms with Gasteiger partial charge in [-0.2, -0.15) is 0 Å². The summed E-state index contributed by atoms with van der Waals surface area (Å²) < 4.78 is 0. The first-order valence-electron chi connectivity index (χ1n) is 8.08. The number of pyridine rings is 1. The second-order valence-electron chi connectivity index (χ2n) is 5.89. The molecule has 1 heterocycles. The lowest BCUT2D eigenvalue weighted by atomic mass is 9.92. The van der Waals surface area contributed by atoms with Crippen molar-refractivity contribution in [1.29, 1.82) is 0 Å². The normalized spacial score (nSPS) is 10.8. The van der Waals surface area contributed by atoms with Gasteiger partial charge in [-0.3, -0.25) is 9.78 Å². The molecule has 0 aliphatic carbocycles. The van der Waals surface area contributed by atoms with Gasteiger partial charge in [-0.1, -0.05) is 71.7 Å². The summed E-state index contributed by atoms with van der Waals surface area (Å²) in [6.07, 6.45) is 1.63. The summed E-state index contributed by atoms with van der Waals surface area (Å²) in [6, 6.07) is 22.6. The van der Waals surface area contributed by atoms with Crippen LogP contribution in [0.5, 0.6) is 0 Å². The molecule has 4 heteroatoms. The summed E-state index contributed by atoms with van der Waals surface area (Å²) in [5.74, 6) is -0.138. The van der Waals surface area contributed by atoms with E-state index in [9.17, 15) is 4.79 Å². The molecule has 4 aromatic rings. The van der Waals surface area contributed by atoms with Gasteiger partial charge in [0.05, 0.1) is 15.6 Å². The Morgan fingerprint density at radius 2 is 1.54 bits per heavy atom. The maximum atomic E-state index is 13.2. The number of rotatable bonds is 3. The standard InChI is InChI=1S/C22H13Cl2NO/c23-18-11-10-15(12-19(18)24)22(26)17-13-25-20-9-5-4-8-16(20)21(17)14-6-2-1-3-7-14/h1-13H. The Morgan fingerprint density at radius 3 is 2.31 bits per heavy atom. The lowest BCUT2D eigenvalue weighted by molar-refractivity contribution is 0.103. The SMILES string of the molecule is O=C(c1ccc(Cl)c(Cl)c1)c1cnc2ccccc2c1-c1ccccc1. The van der Waals surface area contributed by atoms with Crippen LogP contribution < -0.4 is 0 Å². The molecule has 0 radical (unpaired) electrons. The van der Waals surface area contributed by atoms with Crippen molar-refractivity contribution in [1.82, 2.24) is 4.98 Å². The van der Waals surface area contributed by atoms with Crippen LogP contribution in [0.4, 0.5) is 0 Å². The van der Waals surface area contributed by atoms with Crippen LogP contribution in [0.25, 0.3) is 22.0 Å². The van der Waals surface area contributed by atoms with Crippen LogP contribution in [0, 0.1) is 0 Å². The second kappa shape index (κ2) is 6.91. The summed E-state index contributed by atoms with van der Waals surface area (Å²) in [5, 5.41) is 1.71. The molecular formula is C22H13Cl2NO. The smallest absolute Gasteiger partial charge is 0.195 e. The monoisotopic (exact) mass is 377 g/mol. The largest absolute Gasteiger partial charge is 0.289 e. The van der Waals surface area contributed by atoms with E-state index in [-0.39, 0.29) is 5.78 Å². The van der Waals surface area contributed by atoms with Crippen molar-refractivity contribution in [2.24, 2.45) is 0 Å². The number of hydrogen-bond acceptors (Lipinski definition) is 2. The summed E-state index contributed by atoms with van der Waals surface area (Å²) >= 11 is 12.1. The zero-order chi connectivity index (χ0) is 18.1. The van der Waals surface area contributed by atoms with Crippen molar-refractivity contribution >= 4 is 39.9 Å². The number of benzene rings is 3. The lowest BCUT2D eigenvalue weighted by Crippen LogP contribution is -2.05. The number of para-hydroxylation sites is 1. The average Bonchev–Trinajstić information content (AvgIpc) is 2.69. The van der Waals surface area contributed by atoms with E-state index in [0.717, 1.165) is 22.0 Å². The fraction of sp³-hybridized carbons (Fsp3) is 0. The summed E-state index contributed by atoms with van der Waals surface area (Å²) in [5.41, 5.74) is 3.70. The Hall–Kier alpha value is -2.68. The zero-order valence-corrected chi connectivity index (χ0v) is 15.1. The lowest BCUT2D eigenvalue weighted by Gasteiger charge is -2.13. The van der Waals surface area contributed by atoms with Crippen molar-refractivity contribution in [3.63, 3.8) is 0 Å². The molecule has 0 unspecified atom stereocenters. The summed E-state index contributed by atoms with van der Waals surface area (Å²) in [4.78, 5) is 17.7. The van der Waals surface area contributed by atoms with E-state index in [1.54, 1.807) is 24.4 Å². The van der Waals surface area contributed by atoms with Crippen LogP contribution in [-0.2, 0) is 0 Å². The van der Waals surface area contributed by atoms with Crippen molar-refractivity contribution in [3.05, 3.63) is 100 Å². The van der Waals surface area contributed by atoms with Gasteiger partial charge in [0.2, 0.25) is 0 Å².